The molecule has 4 rings (SSSR count). The predicted molar refractivity (Wildman–Crippen MR) is 102 cm³/mol. The van der Waals surface area contributed by atoms with Gasteiger partial charge in [0.2, 0.25) is 0 Å². The zero-order chi connectivity index (χ0) is 17.2. The lowest BCUT2D eigenvalue weighted by atomic mass is 10.1. The van der Waals surface area contributed by atoms with Gasteiger partial charge in [-0.05, 0) is 42.7 Å². The number of aromatic nitrogens is 1. The maximum absolute atomic E-state index is 13.0. The van der Waals surface area contributed by atoms with Crippen molar-refractivity contribution in [3.63, 3.8) is 0 Å². The average molecular weight is 347 g/mol. The van der Waals surface area contributed by atoms with Gasteiger partial charge in [0.15, 0.2) is 0 Å². The SMILES string of the molecule is CSc1cccc(NC2c3ccccc3C(=O)N2c2cccnc2)c1. The number of anilines is 2. The van der Waals surface area contributed by atoms with Crippen LogP contribution in [0.5, 0.6) is 0 Å². The lowest BCUT2D eigenvalue weighted by Crippen LogP contribution is -2.32. The second-order valence-corrected chi connectivity index (χ2v) is 6.63. The number of carbonyl (C=O) groups excluding carboxylic acids is 1. The molecule has 2 heterocycles. The zero-order valence-electron chi connectivity index (χ0n) is 13.7. The maximum Gasteiger partial charge on any atom is 0.260 e. The van der Waals surface area contributed by atoms with E-state index in [-0.39, 0.29) is 12.1 Å². The quantitative estimate of drug-likeness (QED) is 0.702. The minimum absolute atomic E-state index is 0.0119. The lowest BCUT2D eigenvalue weighted by molar-refractivity contribution is 0.0993. The Balaban J connectivity index is 1.77. The average Bonchev–Trinajstić information content (AvgIpc) is 2.95. The molecule has 3 aromatic rings. The fourth-order valence-corrected chi connectivity index (χ4v) is 3.55. The number of nitrogens with one attached hydrogen (secondary N) is 1. The van der Waals surface area contributed by atoms with Gasteiger partial charge in [-0.25, -0.2) is 0 Å². The van der Waals surface area contributed by atoms with Crippen molar-refractivity contribution in [1.29, 1.82) is 0 Å². The van der Waals surface area contributed by atoms with Crippen LogP contribution in [-0.2, 0) is 0 Å². The number of hydrogen-bond acceptors (Lipinski definition) is 4. The second kappa shape index (κ2) is 6.61. The van der Waals surface area contributed by atoms with Crippen LogP contribution in [0.3, 0.4) is 0 Å². The first-order chi connectivity index (χ1) is 12.3. The maximum atomic E-state index is 13.0. The van der Waals surface area contributed by atoms with E-state index in [0.717, 1.165) is 22.5 Å². The summed E-state index contributed by atoms with van der Waals surface area (Å²) >= 11 is 1.69. The number of fused-ring (bicyclic) bond motifs is 1. The topological polar surface area (TPSA) is 45.2 Å². The summed E-state index contributed by atoms with van der Waals surface area (Å²) in [4.78, 5) is 20.1. The lowest BCUT2D eigenvalue weighted by Gasteiger charge is -2.27. The number of pyridine rings is 1. The number of carbonyl (C=O) groups is 1. The molecule has 4 nitrogen and oxygen atoms in total. The molecule has 0 saturated carbocycles. The van der Waals surface area contributed by atoms with Crippen molar-refractivity contribution >= 4 is 29.0 Å². The molecule has 25 heavy (non-hydrogen) atoms. The van der Waals surface area contributed by atoms with Crippen LogP contribution in [0.1, 0.15) is 22.1 Å². The van der Waals surface area contributed by atoms with Crippen LogP contribution in [0.2, 0.25) is 0 Å². The van der Waals surface area contributed by atoms with Gasteiger partial charge in [-0.1, -0.05) is 24.3 Å². The van der Waals surface area contributed by atoms with Gasteiger partial charge in [0.05, 0.1) is 11.9 Å². The van der Waals surface area contributed by atoms with E-state index in [1.807, 2.05) is 48.5 Å². The molecule has 1 atom stereocenters. The molecule has 1 N–H and O–H groups in total. The third-order valence-electron chi connectivity index (χ3n) is 4.26. The number of rotatable bonds is 4. The minimum atomic E-state index is -0.259. The highest BCUT2D eigenvalue weighted by Crippen LogP contribution is 2.37. The van der Waals surface area contributed by atoms with Crippen LogP contribution < -0.4 is 10.2 Å². The Labute approximate surface area is 150 Å². The number of thioether (sulfide) groups is 1. The normalized spacial score (nSPS) is 16.0. The van der Waals surface area contributed by atoms with E-state index >= 15 is 0 Å². The summed E-state index contributed by atoms with van der Waals surface area (Å²) in [5.74, 6) is -0.0119. The minimum Gasteiger partial charge on any atom is -0.361 e. The van der Waals surface area contributed by atoms with Crippen LogP contribution in [0.15, 0.2) is 78.0 Å². The van der Waals surface area contributed by atoms with Crippen molar-refractivity contribution in [3.05, 3.63) is 84.2 Å². The van der Waals surface area contributed by atoms with Gasteiger partial charge >= 0.3 is 0 Å². The molecule has 0 spiro atoms. The van der Waals surface area contributed by atoms with Gasteiger partial charge in [0, 0.05) is 27.9 Å². The van der Waals surface area contributed by atoms with E-state index in [1.165, 1.54) is 4.90 Å². The third kappa shape index (κ3) is 2.87. The first-order valence-electron chi connectivity index (χ1n) is 8.01. The van der Waals surface area contributed by atoms with Crippen LogP contribution in [0, 0.1) is 0 Å². The van der Waals surface area contributed by atoms with Crippen LogP contribution in [-0.4, -0.2) is 17.1 Å². The molecule has 1 unspecified atom stereocenters. The monoisotopic (exact) mass is 347 g/mol. The van der Waals surface area contributed by atoms with Crippen LogP contribution >= 0.6 is 11.8 Å². The van der Waals surface area contributed by atoms with E-state index in [0.29, 0.717) is 0 Å². The molecular weight excluding hydrogens is 330 g/mol. The molecule has 0 fully saturated rings. The predicted octanol–water partition coefficient (Wildman–Crippen LogP) is 4.57. The number of hydrogen-bond donors (Lipinski definition) is 1. The van der Waals surface area contributed by atoms with Gasteiger partial charge in [0.25, 0.3) is 5.91 Å². The number of benzene rings is 2. The highest BCUT2D eigenvalue weighted by Gasteiger charge is 2.37. The summed E-state index contributed by atoms with van der Waals surface area (Å²) in [6, 6.07) is 19.7. The van der Waals surface area contributed by atoms with Crippen molar-refractivity contribution in [3.8, 4) is 0 Å². The van der Waals surface area contributed by atoms with E-state index < -0.39 is 0 Å². The number of amides is 1. The number of nitrogens with zero attached hydrogens (tertiary/aromatic N) is 2. The fourth-order valence-electron chi connectivity index (χ4n) is 3.09. The third-order valence-corrected chi connectivity index (χ3v) is 4.99. The Kier molecular flexibility index (Phi) is 4.15. The highest BCUT2D eigenvalue weighted by atomic mass is 32.2. The fraction of sp³-hybridized carbons (Fsp3) is 0.100. The van der Waals surface area contributed by atoms with Crippen LogP contribution in [0.4, 0.5) is 11.4 Å². The smallest absolute Gasteiger partial charge is 0.260 e. The molecule has 124 valence electrons. The van der Waals surface area contributed by atoms with Crippen molar-refractivity contribution in [2.75, 3.05) is 16.5 Å². The Morgan fingerprint density at radius 1 is 1.08 bits per heavy atom. The highest BCUT2D eigenvalue weighted by molar-refractivity contribution is 7.98. The van der Waals surface area contributed by atoms with Crippen molar-refractivity contribution in [1.82, 2.24) is 4.98 Å². The summed E-state index contributed by atoms with van der Waals surface area (Å²) in [6.07, 6.45) is 5.22. The van der Waals surface area contributed by atoms with E-state index in [9.17, 15) is 4.79 Å². The van der Waals surface area contributed by atoms with Gasteiger partial charge in [-0.3, -0.25) is 14.7 Å². The Morgan fingerprint density at radius 2 is 1.96 bits per heavy atom. The summed E-state index contributed by atoms with van der Waals surface area (Å²) in [7, 11) is 0. The molecule has 1 aromatic heterocycles. The van der Waals surface area contributed by atoms with Gasteiger partial charge in [0.1, 0.15) is 6.17 Å². The van der Waals surface area contributed by atoms with Gasteiger partial charge < -0.3 is 5.32 Å². The Hall–Kier alpha value is -2.79. The molecule has 1 amide bonds. The van der Waals surface area contributed by atoms with Gasteiger partial charge in [-0.2, -0.15) is 0 Å². The standard InChI is InChI=1S/C20H17N3OS/c1-25-16-8-4-6-14(12-16)22-19-17-9-2-3-10-18(17)20(24)23(19)15-7-5-11-21-13-15/h2-13,19,22H,1H3. The largest absolute Gasteiger partial charge is 0.361 e. The first-order valence-corrected chi connectivity index (χ1v) is 9.23. The molecule has 0 bridgehead atoms. The summed E-state index contributed by atoms with van der Waals surface area (Å²) in [6.45, 7) is 0. The molecule has 2 aromatic carbocycles. The molecule has 0 aliphatic carbocycles. The molecule has 0 radical (unpaired) electrons. The van der Waals surface area contributed by atoms with Crippen molar-refractivity contribution in [2.24, 2.45) is 0 Å². The molecular formula is C20H17N3OS. The van der Waals surface area contributed by atoms with Crippen LogP contribution in [0.25, 0.3) is 0 Å². The summed E-state index contributed by atoms with van der Waals surface area (Å²) in [5.41, 5.74) is 3.47. The van der Waals surface area contributed by atoms with Crippen molar-refractivity contribution in [2.45, 2.75) is 11.1 Å². The zero-order valence-corrected chi connectivity index (χ0v) is 14.5. The van der Waals surface area contributed by atoms with E-state index in [1.54, 1.807) is 29.1 Å². The van der Waals surface area contributed by atoms with Crippen molar-refractivity contribution < 1.29 is 4.79 Å². The molecule has 1 aliphatic heterocycles. The second-order valence-electron chi connectivity index (χ2n) is 5.75. The molecule has 5 heteroatoms. The summed E-state index contributed by atoms with van der Waals surface area (Å²) < 4.78 is 0. The molecule has 0 saturated heterocycles. The first kappa shape index (κ1) is 15.7. The van der Waals surface area contributed by atoms with E-state index in [4.69, 9.17) is 0 Å². The van der Waals surface area contributed by atoms with E-state index in [2.05, 4.69) is 28.7 Å². The molecule has 1 aliphatic rings. The van der Waals surface area contributed by atoms with Gasteiger partial charge in [-0.15, -0.1) is 11.8 Å². The summed E-state index contributed by atoms with van der Waals surface area (Å²) in [5, 5.41) is 3.51. The Bertz CT molecular complexity index is 914. The Morgan fingerprint density at radius 3 is 2.76 bits per heavy atom.